The molecule has 1 atom stereocenters. The lowest BCUT2D eigenvalue weighted by molar-refractivity contribution is -0.125. The molecular weight excluding hydrogens is 190 g/mol. The number of rotatable bonds is 1. The summed E-state index contributed by atoms with van der Waals surface area (Å²) in [5, 5.41) is 24.3. The van der Waals surface area contributed by atoms with Crippen molar-refractivity contribution in [2.75, 3.05) is 13.2 Å². The molecule has 1 heterocycles. The first-order chi connectivity index (χ1) is 6.49. The van der Waals surface area contributed by atoms with Gasteiger partial charge in [0.1, 0.15) is 0 Å². The Morgan fingerprint density at radius 1 is 1.64 bits per heavy atom. The molecule has 0 aromatic heterocycles. The summed E-state index contributed by atoms with van der Waals surface area (Å²) in [6, 6.07) is 0. The molecule has 1 aliphatic heterocycles. The quantitative estimate of drug-likeness (QED) is 0.543. The van der Waals surface area contributed by atoms with E-state index in [2.05, 4.69) is 0 Å². The van der Waals surface area contributed by atoms with E-state index in [1.54, 1.807) is 0 Å². The normalized spacial score (nSPS) is 17.4. The number of carbonyl (C=O) groups is 2. The van der Waals surface area contributed by atoms with Crippen molar-refractivity contribution in [3.63, 3.8) is 0 Å². The van der Waals surface area contributed by atoms with Crippen LogP contribution in [0.15, 0.2) is 0 Å². The number of aliphatic hydroxyl groups is 2. The Hall–Kier alpha value is -1.14. The second kappa shape index (κ2) is 6.33. The fraction of sp³-hybridized carbons (Fsp3) is 0.750. The van der Waals surface area contributed by atoms with E-state index in [4.69, 9.17) is 15.3 Å². The third-order valence-corrected chi connectivity index (χ3v) is 1.57. The Kier molecular flexibility index (Phi) is 5.82. The van der Waals surface area contributed by atoms with Crippen LogP contribution in [0.25, 0.3) is 0 Å². The molecule has 0 aromatic carbocycles. The lowest BCUT2D eigenvalue weighted by Gasteiger charge is -2.05. The van der Waals surface area contributed by atoms with E-state index in [9.17, 15) is 9.59 Å². The van der Waals surface area contributed by atoms with Gasteiger partial charge in [-0.05, 0) is 13.3 Å². The van der Waals surface area contributed by atoms with Gasteiger partial charge in [-0.3, -0.25) is 4.79 Å². The van der Waals surface area contributed by atoms with E-state index in [1.807, 2.05) is 0 Å². The Morgan fingerprint density at radius 3 is 2.29 bits per heavy atom. The van der Waals surface area contributed by atoms with Gasteiger partial charge >= 0.3 is 6.09 Å². The van der Waals surface area contributed by atoms with Crippen LogP contribution in [0.3, 0.4) is 0 Å². The fourth-order valence-corrected chi connectivity index (χ4v) is 0.850. The third-order valence-electron chi connectivity index (χ3n) is 1.57. The highest BCUT2D eigenvalue weighted by Gasteiger charge is 2.25. The number of carbonyl (C=O) groups excluding carboxylic acids is 1. The molecule has 82 valence electrons. The van der Waals surface area contributed by atoms with E-state index >= 15 is 0 Å². The van der Waals surface area contributed by atoms with Crippen molar-refractivity contribution in [2.45, 2.75) is 25.9 Å². The summed E-state index contributed by atoms with van der Waals surface area (Å²) < 4.78 is 0. The molecule has 1 rings (SSSR count). The van der Waals surface area contributed by atoms with Crippen molar-refractivity contribution >= 4 is 12.0 Å². The van der Waals surface area contributed by atoms with Crippen molar-refractivity contribution < 1.29 is 24.9 Å². The summed E-state index contributed by atoms with van der Waals surface area (Å²) in [4.78, 5) is 21.5. The van der Waals surface area contributed by atoms with Crippen LogP contribution in [-0.2, 0) is 4.79 Å². The molecule has 6 heteroatoms. The zero-order valence-electron chi connectivity index (χ0n) is 8.01. The molecule has 0 aliphatic carbocycles. The summed E-state index contributed by atoms with van der Waals surface area (Å²) in [7, 11) is 0. The first kappa shape index (κ1) is 12.9. The van der Waals surface area contributed by atoms with Crippen LogP contribution >= 0.6 is 0 Å². The minimum atomic E-state index is -1.13. The van der Waals surface area contributed by atoms with E-state index in [0.29, 0.717) is 19.4 Å². The van der Waals surface area contributed by atoms with Crippen molar-refractivity contribution in [3.05, 3.63) is 0 Å². The number of hydrogen-bond donors (Lipinski definition) is 3. The number of likely N-dealkylation sites (tertiary alicyclic amines) is 1. The van der Waals surface area contributed by atoms with E-state index in [0.717, 1.165) is 4.90 Å². The minimum absolute atomic E-state index is 0.139. The lowest BCUT2D eigenvalue weighted by Crippen LogP contribution is -2.29. The Morgan fingerprint density at radius 2 is 2.14 bits per heavy atom. The molecule has 1 saturated heterocycles. The molecule has 0 bridgehead atoms. The first-order valence-electron chi connectivity index (χ1n) is 4.31. The fourth-order valence-electron chi connectivity index (χ4n) is 0.850. The SMILES string of the molecule is CC(O)CO.O=C(O)N1CCCC1=O. The predicted molar refractivity (Wildman–Crippen MR) is 47.7 cm³/mol. The molecule has 1 unspecified atom stereocenters. The topological polar surface area (TPSA) is 98.1 Å². The zero-order valence-corrected chi connectivity index (χ0v) is 8.01. The van der Waals surface area contributed by atoms with Gasteiger partial charge in [0.2, 0.25) is 5.91 Å². The van der Waals surface area contributed by atoms with Gasteiger partial charge in [-0.1, -0.05) is 0 Å². The van der Waals surface area contributed by atoms with Gasteiger partial charge in [-0.2, -0.15) is 0 Å². The molecule has 0 aromatic rings. The lowest BCUT2D eigenvalue weighted by atomic mass is 10.4. The molecule has 0 spiro atoms. The third kappa shape index (κ3) is 4.78. The first-order valence-corrected chi connectivity index (χ1v) is 4.31. The molecule has 2 amide bonds. The number of carboxylic acid groups (broad SMARTS) is 1. The predicted octanol–water partition coefficient (Wildman–Crippen LogP) is -0.354. The molecule has 1 fully saturated rings. The monoisotopic (exact) mass is 205 g/mol. The van der Waals surface area contributed by atoms with Crippen molar-refractivity contribution in [2.24, 2.45) is 0 Å². The van der Waals surface area contributed by atoms with E-state index in [1.165, 1.54) is 6.92 Å². The van der Waals surface area contributed by atoms with Gasteiger partial charge in [0, 0.05) is 13.0 Å². The van der Waals surface area contributed by atoms with Crippen LogP contribution in [0.2, 0.25) is 0 Å². The number of hydrogen-bond acceptors (Lipinski definition) is 4. The van der Waals surface area contributed by atoms with Gasteiger partial charge < -0.3 is 15.3 Å². The van der Waals surface area contributed by atoms with Crippen LogP contribution in [0.5, 0.6) is 0 Å². The maximum absolute atomic E-state index is 10.6. The number of imide groups is 1. The van der Waals surface area contributed by atoms with E-state index < -0.39 is 12.2 Å². The minimum Gasteiger partial charge on any atom is -0.465 e. The van der Waals surface area contributed by atoms with Crippen molar-refractivity contribution in [1.82, 2.24) is 4.90 Å². The molecule has 1 aliphatic rings. The smallest absolute Gasteiger partial charge is 0.414 e. The summed E-state index contributed by atoms with van der Waals surface area (Å²) in [5.41, 5.74) is 0. The second-order valence-corrected chi connectivity index (χ2v) is 2.96. The van der Waals surface area contributed by atoms with E-state index in [-0.39, 0.29) is 12.5 Å². The summed E-state index contributed by atoms with van der Waals surface area (Å²) in [6.07, 6.45) is -0.634. The van der Waals surface area contributed by atoms with Gasteiger partial charge in [-0.25, -0.2) is 9.69 Å². The summed E-state index contributed by atoms with van der Waals surface area (Å²) >= 11 is 0. The van der Waals surface area contributed by atoms with Gasteiger partial charge in [0.15, 0.2) is 0 Å². The maximum Gasteiger partial charge on any atom is 0.414 e. The Balaban J connectivity index is 0.000000292. The average molecular weight is 205 g/mol. The zero-order chi connectivity index (χ0) is 11.1. The Labute approximate surface area is 81.8 Å². The van der Waals surface area contributed by atoms with Crippen LogP contribution in [0.4, 0.5) is 4.79 Å². The second-order valence-electron chi connectivity index (χ2n) is 2.96. The summed E-state index contributed by atoms with van der Waals surface area (Å²) in [5.74, 6) is -0.275. The molecule has 0 saturated carbocycles. The van der Waals surface area contributed by atoms with Crippen LogP contribution in [0, 0.1) is 0 Å². The maximum atomic E-state index is 10.6. The Bertz CT molecular complexity index is 204. The standard InChI is InChI=1S/C5H7NO3.C3H8O2/c7-4-2-1-3-6(4)5(8)9;1-3(5)2-4/h1-3H2,(H,8,9);3-5H,2H2,1H3. The molecule has 14 heavy (non-hydrogen) atoms. The summed E-state index contributed by atoms with van der Waals surface area (Å²) in [6.45, 7) is 1.76. The van der Waals surface area contributed by atoms with Crippen LogP contribution in [-0.4, -0.2) is 51.5 Å². The largest absolute Gasteiger partial charge is 0.465 e. The van der Waals surface area contributed by atoms with Crippen LogP contribution in [0.1, 0.15) is 19.8 Å². The van der Waals surface area contributed by atoms with Gasteiger partial charge in [0.25, 0.3) is 0 Å². The molecule has 6 nitrogen and oxygen atoms in total. The molecule has 0 radical (unpaired) electrons. The molecular formula is C8H15NO5. The van der Waals surface area contributed by atoms with Crippen LogP contribution < -0.4 is 0 Å². The molecule has 3 N–H and O–H groups in total. The van der Waals surface area contributed by atoms with Crippen molar-refractivity contribution in [1.29, 1.82) is 0 Å². The highest BCUT2D eigenvalue weighted by Crippen LogP contribution is 2.08. The van der Waals surface area contributed by atoms with Crippen molar-refractivity contribution in [3.8, 4) is 0 Å². The highest BCUT2D eigenvalue weighted by atomic mass is 16.4. The highest BCUT2D eigenvalue weighted by molar-refractivity contribution is 5.92. The number of aliphatic hydroxyl groups excluding tert-OH is 2. The van der Waals surface area contributed by atoms with Gasteiger partial charge in [-0.15, -0.1) is 0 Å². The number of amides is 2. The van der Waals surface area contributed by atoms with Gasteiger partial charge in [0.05, 0.1) is 12.7 Å². The average Bonchev–Trinajstić information content (AvgIpc) is 2.52. The number of nitrogens with zero attached hydrogens (tertiary/aromatic N) is 1.